The van der Waals surface area contributed by atoms with Gasteiger partial charge in [0.05, 0.1) is 0 Å². The van der Waals surface area contributed by atoms with E-state index in [1.807, 2.05) is 13.1 Å². The quantitative estimate of drug-likeness (QED) is 0.854. The third-order valence-corrected chi connectivity index (χ3v) is 4.63. The first kappa shape index (κ1) is 15.1. The summed E-state index contributed by atoms with van der Waals surface area (Å²) in [5.74, 6) is -0.267. The zero-order valence-electron chi connectivity index (χ0n) is 11.5. The van der Waals surface area contributed by atoms with E-state index in [1.54, 1.807) is 17.4 Å². The largest absolute Gasteiger partial charge is 0.389 e. The van der Waals surface area contributed by atoms with E-state index < -0.39 is 0 Å². The molecule has 1 atom stereocenters. The lowest BCUT2D eigenvalue weighted by atomic mass is 10.1. The van der Waals surface area contributed by atoms with E-state index in [0.29, 0.717) is 11.5 Å². The van der Waals surface area contributed by atoms with Gasteiger partial charge in [-0.1, -0.05) is 18.3 Å². The summed E-state index contributed by atoms with van der Waals surface area (Å²) >= 11 is 6.75. The van der Waals surface area contributed by atoms with Gasteiger partial charge in [-0.05, 0) is 49.2 Å². The fourth-order valence-corrected chi connectivity index (χ4v) is 3.13. The second-order valence-electron chi connectivity index (χ2n) is 4.77. The predicted molar refractivity (Wildman–Crippen MR) is 86.5 cm³/mol. The number of thiophene rings is 1. The van der Waals surface area contributed by atoms with E-state index >= 15 is 0 Å². The number of nitrogens with zero attached hydrogens (tertiary/aromatic N) is 1. The van der Waals surface area contributed by atoms with Crippen LogP contribution >= 0.6 is 23.6 Å². The Morgan fingerprint density at radius 3 is 2.80 bits per heavy atom. The highest BCUT2D eigenvalue weighted by atomic mass is 32.1. The Morgan fingerprint density at radius 1 is 1.45 bits per heavy atom. The van der Waals surface area contributed by atoms with Crippen LogP contribution in [0.1, 0.15) is 29.0 Å². The molecule has 1 aromatic carbocycles. The van der Waals surface area contributed by atoms with E-state index in [2.05, 4.69) is 23.3 Å². The van der Waals surface area contributed by atoms with E-state index in [0.717, 1.165) is 11.1 Å². The molecule has 0 aliphatic rings. The maximum atomic E-state index is 13.4. The number of rotatable bonds is 5. The van der Waals surface area contributed by atoms with Crippen molar-refractivity contribution in [3.63, 3.8) is 0 Å². The van der Waals surface area contributed by atoms with Crippen LogP contribution in [0.15, 0.2) is 35.7 Å². The van der Waals surface area contributed by atoms with Crippen molar-refractivity contribution in [2.24, 2.45) is 5.73 Å². The van der Waals surface area contributed by atoms with Gasteiger partial charge >= 0.3 is 0 Å². The molecule has 0 bridgehead atoms. The Morgan fingerprint density at radius 2 is 2.20 bits per heavy atom. The number of hydrogen-bond donors (Lipinski definition) is 1. The molecule has 0 saturated carbocycles. The van der Waals surface area contributed by atoms with E-state index in [-0.39, 0.29) is 11.9 Å². The molecule has 2 nitrogen and oxygen atoms in total. The van der Waals surface area contributed by atoms with Crippen molar-refractivity contribution in [2.75, 3.05) is 7.05 Å². The van der Waals surface area contributed by atoms with Crippen LogP contribution in [0.25, 0.3) is 0 Å². The summed E-state index contributed by atoms with van der Waals surface area (Å²) < 4.78 is 13.4. The highest BCUT2D eigenvalue weighted by Gasteiger charge is 2.15. The third kappa shape index (κ3) is 3.42. The SMILES string of the molecule is CC(c1cccs1)N(C)Cc1cc(F)ccc1C(N)=S. The van der Waals surface area contributed by atoms with Crippen LogP contribution in [-0.4, -0.2) is 16.9 Å². The lowest BCUT2D eigenvalue weighted by molar-refractivity contribution is 0.256. The van der Waals surface area contributed by atoms with Gasteiger partial charge in [0.2, 0.25) is 0 Å². The minimum Gasteiger partial charge on any atom is -0.389 e. The molecule has 2 rings (SSSR count). The molecule has 2 N–H and O–H groups in total. The summed E-state index contributed by atoms with van der Waals surface area (Å²) in [4.78, 5) is 3.74. The minimum absolute atomic E-state index is 0.262. The molecule has 106 valence electrons. The molecule has 0 aliphatic carbocycles. The van der Waals surface area contributed by atoms with Gasteiger partial charge in [-0.2, -0.15) is 0 Å². The number of benzene rings is 1. The second-order valence-corrected chi connectivity index (χ2v) is 6.19. The first-order valence-corrected chi connectivity index (χ1v) is 7.59. The molecular formula is C15H17FN2S2. The molecule has 20 heavy (non-hydrogen) atoms. The molecule has 1 heterocycles. The summed E-state index contributed by atoms with van der Waals surface area (Å²) in [5.41, 5.74) is 7.27. The Kier molecular flexibility index (Phi) is 4.86. The van der Waals surface area contributed by atoms with Crippen LogP contribution in [0, 0.1) is 5.82 Å². The Balaban J connectivity index is 2.21. The maximum absolute atomic E-state index is 13.4. The average Bonchev–Trinajstić information content (AvgIpc) is 2.91. The molecule has 5 heteroatoms. The lowest BCUT2D eigenvalue weighted by Gasteiger charge is -2.25. The standard InChI is InChI=1S/C15H17FN2S2/c1-10(14-4-3-7-20-14)18(2)9-11-8-12(16)5-6-13(11)15(17)19/h3-8,10H,9H2,1-2H3,(H2,17,19). The van der Waals surface area contributed by atoms with Gasteiger partial charge in [0.15, 0.2) is 0 Å². The monoisotopic (exact) mass is 308 g/mol. The molecule has 0 saturated heterocycles. The van der Waals surface area contributed by atoms with Gasteiger partial charge in [0.1, 0.15) is 10.8 Å². The van der Waals surface area contributed by atoms with Gasteiger partial charge in [-0.25, -0.2) is 4.39 Å². The first-order valence-electron chi connectivity index (χ1n) is 6.31. The molecule has 0 aliphatic heterocycles. The van der Waals surface area contributed by atoms with Crippen LogP contribution in [-0.2, 0) is 6.54 Å². The van der Waals surface area contributed by atoms with Gasteiger partial charge in [-0.3, -0.25) is 4.90 Å². The van der Waals surface area contributed by atoms with Crippen molar-refractivity contribution in [1.29, 1.82) is 0 Å². The highest BCUT2D eigenvalue weighted by molar-refractivity contribution is 7.80. The Labute approximate surface area is 128 Å². The number of thiocarbonyl (C=S) groups is 1. The highest BCUT2D eigenvalue weighted by Crippen LogP contribution is 2.25. The van der Waals surface area contributed by atoms with Crippen molar-refractivity contribution in [2.45, 2.75) is 19.5 Å². The molecule has 0 amide bonds. The number of hydrogen-bond acceptors (Lipinski definition) is 3. The van der Waals surface area contributed by atoms with Crippen LogP contribution in [0.4, 0.5) is 4.39 Å². The van der Waals surface area contributed by atoms with E-state index in [9.17, 15) is 4.39 Å². The zero-order valence-corrected chi connectivity index (χ0v) is 13.1. The normalized spacial score (nSPS) is 12.6. The van der Waals surface area contributed by atoms with Gasteiger partial charge < -0.3 is 5.73 Å². The van der Waals surface area contributed by atoms with E-state index in [4.69, 9.17) is 18.0 Å². The van der Waals surface area contributed by atoms with Gasteiger partial charge in [0.25, 0.3) is 0 Å². The predicted octanol–water partition coefficient (Wildman–Crippen LogP) is 3.71. The van der Waals surface area contributed by atoms with Crippen molar-refractivity contribution in [1.82, 2.24) is 4.90 Å². The van der Waals surface area contributed by atoms with Crippen molar-refractivity contribution in [3.8, 4) is 0 Å². The maximum Gasteiger partial charge on any atom is 0.123 e. The molecule has 1 unspecified atom stereocenters. The van der Waals surface area contributed by atoms with Crippen LogP contribution in [0.3, 0.4) is 0 Å². The molecular weight excluding hydrogens is 291 g/mol. The van der Waals surface area contributed by atoms with Crippen molar-refractivity contribution in [3.05, 3.63) is 57.5 Å². The first-order chi connectivity index (χ1) is 9.49. The third-order valence-electron chi connectivity index (χ3n) is 3.37. The zero-order chi connectivity index (χ0) is 14.7. The van der Waals surface area contributed by atoms with Gasteiger partial charge in [0, 0.05) is 23.0 Å². The molecule has 0 spiro atoms. The summed E-state index contributed by atoms with van der Waals surface area (Å²) in [5, 5.41) is 2.06. The summed E-state index contributed by atoms with van der Waals surface area (Å²) in [6.45, 7) is 2.73. The Bertz CT molecular complexity index is 596. The fraction of sp³-hybridized carbons (Fsp3) is 0.267. The molecule has 2 aromatic rings. The summed E-state index contributed by atoms with van der Waals surface area (Å²) in [6, 6.07) is 8.94. The summed E-state index contributed by atoms with van der Waals surface area (Å²) in [6.07, 6.45) is 0. The molecule has 0 radical (unpaired) electrons. The number of halogens is 1. The minimum atomic E-state index is -0.267. The molecule has 0 fully saturated rings. The average molecular weight is 308 g/mol. The van der Waals surface area contributed by atoms with Crippen molar-refractivity contribution >= 4 is 28.5 Å². The topological polar surface area (TPSA) is 29.3 Å². The van der Waals surface area contributed by atoms with Crippen molar-refractivity contribution < 1.29 is 4.39 Å². The van der Waals surface area contributed by atoms with Crippen LogP contribution in [0.5, 0.6) is 0 Å². The van der Waals surface area contributed by atoms with E-state index in [1.165, 1.54) is 17.0 Å². The smallest absolute Gasteiger partial charge is 0.123 e. The van der Waals surface area contributed by atoms with Crippen LogP contribution in [0.2, 0.25) is 0 Å². The number of nitrogens with two attached hydrogens (primary N) is 1. The van der Waals surface area contributed by atoms with Crippen LogP contribution < -0.4 is 5.73 Å². The van der Waals surface area contributed by atoms with Gasteiger partial charge in [-0.15, -0.1) is 11.3 Å². The lowest BCUT2D eigenvalue weighted by Crippen LogP contribution is -2.23. The fourth-order valence-electron chi connectivity index (χ4n) is 2.09. The Hall–Kier alpha value is -1.30. The second kappa shape index (κ2) is 6.43. The summed E-state index contributed by atoms with van der Waals surface area (Å²) in [7, 11) is 2.01. The molecule has 1 aromatic heterocycles.